The molecule has 0 aliphatic carbocycles. The second kappa shape index (κ2) is 8.80. The standard InChI is InChI=1S/C24H20ClN3O4/c25-17-5-1-4-8-20(17)32-15-23-27-18-6-2-3-7-19(18)28(23)14-24(29)26-16-9-10-21-22(13-16)31-12-11-30-21/h1-10,13H,11-12,14-15H2,(H,26,29). The number of nitrogens with one attached hydrogen (secondary N) is 1. The Morgan fingerprint density at radius 1 is 1.03 bits per heavy atom. The number of anilines is 1. The third-order valence-electron chi connectivity index (χ3n) is 5.05. The van der Waals surface area contributed by atoms with Gasteiger partial charge in [-0.05, 0) is 36.4 Å². The third-order valence-corrected chi connectivity index (χ3v) is 5.37. The monoisotopic (exact) mass is 449 g/mol. The molecule has 3 aromatic carbocycles. The number of carbonyl (C=O) groups is 1. The number of carbonyl (C=O) groups excluding carboxylic acids is 1. The van der Waals surface area contributed by atoms with Crippen molar-refractivity contribution in [1.82, 2.24) is 9.55 Å². The van der Waals surface area contributed by atoms with Crippen LogP contribution < -0.4 is 19.5 Å². The van der Waals surface area contributed by atoms with Crippen LogP contribution in [0.3, 0.4) is 0 Å². The SMILES string of the molecule is O=C(Cn1c(COc2ccccc2Cl)nc2ccccc21)Nc1ccc2c(c1)OCCO2. The molecule has 1 amide bonds. The number of imidazole rings is 1. The highest BCUT2D eigenvalue weighted by atomic mass is 35.5. The molecular weight excluding hydrogens is 430 g/mol. The maximum absolute atomic E-state index is 12.9. The van der Waals surface area contributed by atoms with Gasteiger partial charge in [-0.3, -0.25) is 4.79 Å². The number of nitrogens with zero attached hydrogens (tertiary/aromatic N) is 2. The summed E-state index contributed by atoms with van der Waals surface area (Å²) in [6.45, 7) is 1.26. The molecule has 2 heterocycles. The van der Waals surface area contributed by atoms with Crippen molar-refractivity contribution in [1.29, 1.82) is 0 Å². The lowest BCUT2D eigenvalue weighted by Crippen LogP contribution is -2.21. The van der Waals surface area contributed by atoms with Gasteiger partial charge in [0.15, 0.2) is 11.5 Å². The van der Waals surface area contributed by atoms with Gasteiger partial charge >= 0.3 is 0 Å². The first-order chi connectivity index (χ1) is 15.7. The van der Waals surface area contributed by atoms with E-state index in [1.165, 1.54) is 0 Å². The lowest BCUT2D eigenvalue weighted by Gasteiger charge is -2.19. The third kappa shape index (κ3) is 4.20. The summed E-state index contributed by atoms with van der Waals surface area (Å²) in [6.07, 6.45) is 0. The molecule has 162 valence electrons. The Bertz CT molecular complexity index is 1290. The normalized spacial score (nSPS) is 12.5. The molecule has 0 atom stereocenters. The molecule has 0 spiro atoms. The average molecular weight is 450 g/mol. The topological polar surface area (TPSA) is 74.6 Å². The molecule has 1 N–H and O–H groups in total. The Hall–Kier alpha value is -3.71. The summed E-state index contributed by atoms with van der Waals surface area (Å²) in [6, 6.07) is 20.3. The van der Waals surface area contributed by atoms with E-state index in [0.29, 0.717) is 47.0 Å². The molecule has 7 nitrogen and oxygen atoms in total. The van der Waals surface area contributed by atoms with Crippen molar-refractivity contribution in [3.63, 3.8) is 0 Å². The van der Waals surface area contributed by atoms with Crippen LogP contribution in [0.25, 0.3) is 11.0 Å². The molecule has 1 aliphatic heterocycles. The second-order valence-corrected chi connectivity index (χ2v) is 7.64. The van der Waals surface area contributed by atoms with Crippen molar-refractivity contribution in [3.05, 3.63) is 77.6 Å². The number of benzene rings is 3. The minimum absolute atomic E-state index is 0.0795. The van der Waals surface area contributed by atoms with Crippen LogP contribution in [0.4, 0.5) is 5.69 Å². The van der Waals surface area contributed by atoms with E-state index < -0.39 is 0 Å². The van der Waals surface area contributed by atoms with E-state index in [0.717, 1.165) is 11.0 Å². The molecule has 32 heavy (non-hydrogen) atoms. The quantitative estimate of drug-likeness (QED) is 0.462. The van der Waals surface area contributed by atoms with E-state index in [2.05, 4.69) is 10.3 Å². The first kappa shape index (κ1) is 20.2. The fourth-order valence-corrected chi connectivity index (χ4v) is 3.77. The van der Waals surface area contributed by atoms with E-state index in [-0.39, 0.29) is 19.1 Å². The van der Waals surface area contributed by atoms with Crippen molar-refractivity contribution in [2.24, 2.45) is 0 Å². The summed E-state index contributed by atoms with van der Waals surface area (Å²) in [5.41, 5.74) is 2.28. The van der Waals surface area contributed by atoms with Gasteiger partial charge in [-0.1, -0.05) is 35.9 Å². The number of hydrogen-bond acceptors (Lipinski definition) is 5. The molecule has 0 unspecified atom stereocenters. The van der Waals surface area contributed by atoms with E-state index in [4.69, 9.17) is 25.8 Å². The van der Waals surface area contributed by atoms with Crippen molar-refractivity contribution < 1.29 is 19.0 Å². The van der Waals surface area contributed by atoms with Crippen LogP contribution in [0, 0.1) is 0 Å². The number of hydrogen-bond donors (Lipinski definition) is 1. The second-order valence-electron chi connectivity index (χ2n) is 7.23. The zero-order chi connectivity index (χ0) is 21.9. The zero-order valence-corrected chi connectivity index (χ0v) is 17.8. The van der Waals surface area contributed by atoms with Crippen LogP contribution in [-0.2, 0) is 17.9 Å². The number of ether oxygens (including phenoxy) is 3. The largest absolute Gasteiger partial charge is 0.486 e. The predicted molar refractivity (Wildman–Crippen MR) is 122 cm³/mol. The number of rotatable bonds is 6. The van der Waals surface area contributed by atoms with Gasteiger partial charge in [-0.2, -0.15) is 0 Å². The van der Waals surface area contributed by atoms with Crippen molar-refractivity contribution in [2.75, 3.05) is 18.5 Å². The number of fused-ring (bicyclic) bond motifs is 2. The van der Waals surface area contributed by atoms with Crippen LogP contribution in [0.5, 0.6) is 17.2 Å². The zero-order valence-electron chi connectivity index (χ0n) is 17.1. The fraction of sp³-hybridized carbons (Fsp3) is 0.167. The van der Waals surface area contributed by atoms with Gasteiger partial charge in [0.2, 0.25) is 5.91 Å². The fourth-order valence-electron chi connectivity index (χ4n) is 3.58. The molecule has 0 radical (unpaired) electrons. The van der Waals surface area contributed by atoms with Crippen LogP contribution in [0.2, 0.25) is 5.02 Å². The summed E-state index contributed by atoms with van der Waals surface area (Å²) in [7, 11) is 0. The Morgan fingerprint density at radius 3 is 2.69 bits per heavy atom. The molecule has 1 aliphatic rings. The number of aromatic nitrogens is 2. The van der Waals surface area contributed by atoms with Gasteiger partial charge in [-0.15, -0.1) is 0 Å². The molecule has 4 aromatic rings. The Labute approximate surface area is 189 Å². The summed E-state index contributed by atoms with van der Waals surface area (Å²) < 4.78 is 18.8. The highest BCUT2D eigenvalue weighted by Gasteiger charge is 2.16. The maximum atomic E-state index is 12.9. The van der Waals surface area contributed by atoms with Crippen LogP contribution in [0.15, 0.2) is 66.7 Å². The van der Waals surface area contributed by atoms with Gasteiger partial charge in [-0.25, -0.2) is 4.98 Å². The van der Waals surface area contributed by atoms with Crippen LogP contribution >= 0.6 is 11.6 Å². The smallest absolute Gasteiger partial charge is 0.244 e. The Morgan fingerprint density at radius 2 is 1.81 bits per heavy atom. The van der Waals surface area contributed by atoms with Crippen molar-refractivity contribution >= 4 is 34.2 Å². The van der Waals surface area contributed by atoms with Gasteiger partial charge < -0.3 is 24.1 Å². The van der Waals surface area contributed by atoms with E-state index in [9.17, 15) is 4.79 Å². The number of para-hydroxylation sites is 3. The molecule has 8 heteroatoms. The highest BCUT2D eigenvalue weighted by Crippen LogP contribution is 2.32. The molecule has 5 rings (SSSR count). The van der Waals surface area contributed by atoms with Crippen LogP contribution in [0.1, 0.15) is 5.82 Å². The summed E-state index contributed by atoms with van der Waals surface area (Å²) >= 11 is 6.20. The lowest BCUT2D eigenvalue weighted by atomic mass is 10.2. The Kier molecular flexibility index (Phi) is 5.56. The van der Waals surface area contributed by atoms with Crippen LogP contribution in [-0.4, -0.2) is 28.7 Å². The van der Waals surface area contributed by atoms with E-state index in [1.807, 2.05) is 41.0 Å². The minimum atomic E-state index is -0.191. The molecule has 0 bridgehead atoms. The summed E-state index contributed by atoms with van der Waals surface area (Å²) in [4.78, 5) is 17.5. The van der Waals surface area contributed by atoms with Crippen molar-refractivity contribution in [3.8, 4) is 17.2 Å². The average Bonchev–Trinajstić information content (AvgIpc) is 3.15. The van der Waals surface area contributed by atoms with E-state index >= 15 is 0 Å². The minimum Gasteiger partial charge on any atom is -0.486 e. The number of halogens is 1. The Balaban J connectivity index is 1.36. The first-order valence-corrected chi connectivity index (χ1v) is 10.6. The maximum Gasteiger partial charge on any atom is 0.244 e. The summed E-state index contributed by atoms with van der Waals surface area (Å²) in [5, 5.41) is 3.44. The predicted octanol–water partition coefficient (Wildman–Crippen LogP) is 4.68. The lowest BCUT2D eigenvalue weighted by molar-refractivity contribution is -0.116. The molecular formula is C24H20ClN3O4. The van der Waals surface area contributed by atoms with E-state index in [1.54, 1.807) is 30.3 Å². The molecule has 0 saturated heterocycles. The summed E-state index contributed by atoms with van der Waals surface area (Å²) in [5.74, 6) is 2.30. The van der Waals surface area contributed by atoms with Gasteiger partial charge in [0, 0.05) is 11.8 Å². The van der Waals surface area contributed by atoms with Gasteiger partial charge in [0.05, 0.1) is 16.1 Å². The van der Waals surface area contributed by atoms with Gasteiger partial charge in [0.1, 0.15) is 37.9 Å². The molecule has 0 fully saturated rings. The van der Waals surface area contributed by atoms with Gasteiger partial charge in [0.25, 0.3) is 0 Å². The molecule has 1 aromatic heterocycles. The number of amides is 1. The molecule has 0 saturated carbocycles. The first-order valence-electron chi connectivity index (χ1n) is 10.2. The van der Waals surface area contributed by atoms with Crippen molar-refractivity contribution in [2.45, 2.75) is 13.2 Å². The highest BCUT2D eigenvalue weighted by molar-refractivity contribution is 6.32.